The van der Waals surface area contributed by atoms with E-state index in [4.69, 9.17) is 0 Å². The summed E-state index contributed by atoms with van der Waals surface area (Å²) in [7, 11) is -1.30. The summed E-state index contributed by atoms with van der Waals surface area (Å²) < 4.78 is 25.9. The van der Waals surface area contributed by atoms with E-state index in [-0.39, 0.29) is 0 Å². The monoisotopic (exact) mass is 284 g/mol. The molecular formula is C10H16N6O2S. The van der Waals surface area contributed by atoms with Crippen molar-refractivity contribution in [3.8, 4) is 0 Å². The first-order valence-corrected chi connectivity index (χ1v) is 7.68. The van der Waals surface area contributed by atoms with Gasteiger partial charge in [0.2, 0.25) is 10.0 Å². The molecular weight excluding hydrogens is 268 g/mol. The number of hydrogen-bond donors (Lipinski definition) is 2. The van der Waals surface area contributed by atoms with Crippen molar-refractivity contribution in [3.63, 3.8) is 0 Å². The molecule has 0 spiro atoms. The molecule has 104 valence electrons. The van der Waals surface area contributed by atoms with Crippen LogP contribution in [0.4, 0.5) is 5.82 Å². The van der Waals surface area contributed by atoms with Gasteiger partial charge in [-0.25, -0.2) is 23.1 Å². The SMILES string of the molecule is Cn1ncc2c(NCCCNS(C)(=O)=O)ncnc21. The van der Waals surface area contributed by atoms with Gasteiger partial charge in [-0.2, -0.15) is 5.10 Å². The first-order chi connectivity index (χ1) is 8.97. The van der Waals surface area contributed by atoms with Crippen molar-refractivity contribution in [1.82, 2.24) is 24.5 Å². The van der Waals surface area contributed by atoms with Crippen LogP contribution in [0.5, 0.6) is 0 Å². The summed E-state index contributed by atoms with van der Waals surface area (Å²) in [6, 6.07) is 0. The van der Waals surface area contributed by atoms with Gasteiger partial charge in [-0.3, -0.25) is 4.68 Å². The Bertz CT molecular complexity index is 666. The summed E-state index contributed by atoms with van der Waals surface area (Å²) in [6.45, 7) is 1.01. The molecule has 2 aromatic rings. The highest BCUT2D eigenvalue weighted by atomic mass is 32.2. The molecule has 0 saturated carbocycles. The second-order valence-electron chi connectivity index (χ2n) is 4.17. The first-order valence-electron chi connectivity index (χ1n) is 5.78. The summed E-state index contributed by atoms with van der Waals surface area (Å²) in [5.74, 6) is 0.706. The van der Waals surface area contributed by atoms with E-state index in [1.54, 1.807) is 10.9 Å². The Hall–Kier alpha value is -1.74. The maximum Gasteiger partial charge on any atom is 0.208 e. The van der Waals surface area contributed by atoms with Crippen LogP contribution in [0.25, 0.3) is 11.0 Å². The molecule has 0 fully saturated rings. The Labute approximate surface area is 111 Å². The molecule has 19 heavy (non-hydrogen) atoms. The third kappa shape index (κ3) is 3.61. The number of sulfonamides is 1. The highest BCUT2D eigenvalue weighted by Crippen LogP contribution is 2.17. The highest BCUT2D eigenvalue weighted by Gasteiger charge is 2.06. The standard InChI is InChI=1S/C10H16N6O2S/c1-16-10-8(6-14-16)9(12-7-13-10)11-4-3-5-15-19(2,17)18/h6-7,15H,3-5H2,1-2H3,(H,11,12,13). The van der Waals surface area contributed by atoms with Crippen LogP contribution in [-0.4, -0.2) is 47.5 Å². The van der Waals surface area contributed by atoms with Gasteiger partial charge in [0.05, 0.1) is 17.8 Å². The summed E-state index contributed by atoms with van der Waals surface area (Å²) in [5, 5.41) is 8.11. The third-order valence-electron chi connectivity index (χ3n) is 2.54. The van der Waals surface area contributed by atoms with E-state index in [0.717, 1.165) is 17.3 Å². The van der Waals surface area contributed by atoms with Gasteiger partial charge in [0.25, 0.3) is 0 Å². The van der Waals surface area contributed by atoms with E-state index in [1.807, 2.05) is 7.05 Å². The molecule has 0 amide bonds. The largest absolute Gasteiger partial charge is 0.369 e. The van der Waals surface area contributed by atoms with Crippen LogP contribution in [0.15, 0.2) is 12.5 Å². The normalized spacial score (nSPS) is 11.9. The van der Waals surface area contributed by atoms with E-state index in [1.165, 1.54) is 6.33 Å². The number of fused-ring (bicyclic) bond motifs is 1. The number of nitrogens with one attached hydrogen (secondary N) is 2. The number of anilines is 1. The van der Waals surface area contributed by atoms with Gasteiger partial charge >= 0.3 is 0 Å². The van der Waals surface area contributed by atoms with Gasteiger partial charge in [-0.05, 0) is 6.42 Å². The number of aromatic nitrogens is 4. The lowest BCUT2D eigenvalue weighted by atomic mass is 10.3. The van der Waals surface area contributed by atoms with Crippen molar-refractivity contribution in [2.75, 3.05) is 24.7 Å². The Morgan fingerprint density at radius 1 is 1.32 bits per heavy atom. The second kappa shape index (κ2) is 5.49. The van der Waals surface area contributed by atoms with E-state index in [2.05, 4.69) is 25.1 Å². The van der Waals surface area contributed by atoms with Crippen LogP contribution < -0.4 is 10.0 Å². The fraction of sp³-hybridized carbons (Fsp3) is 0.500. The zero-order chi connectivity index (χ0) is 13.9. The molecule has 2 N–H and O–H groups in total. The van der Waals surface area contributed by atoms with Crippen molar-refractivity contribution in [3.05, 3.63) is 12.5 Å². The Balaban J connectivity index is 1.92. The molecule has 2 aromatic heterocycles. The fourth-order valence-corrected chi connectivity index (χ4v) is 2.17. The van der Waals surface area contributed by atoms with Crippen LogP contribution in [0.3, 0.4) is 0 Å². The lowest BCUT2D eigenvalue weighted by molar-refractivity contribution is 0.586. The van der Waals surface area contributed by atoms with Crippen molar-refractivity contribution >= 4 is 26.9 Å². The lowest BCUT2D eigenvalue weighted by Gasteiger charge is -2.06. The quantitative estimate of drug-likeness (QED) is 0.707. The average molecular weight is 284 g/mol. The molecule has 0 bridgehead atoms. The minimum Gasteiger partial charge on any atom is -0.369 e. The molecule has 0 unspecified atom stereocenters. The molecule has 8 nitrogen and oxygen atoms in total. The second-order valence-corrected chi connectivity index (χ2v) is 6.01. The Kier molecular flexibility index (Phi) is 3.96. The average Bonchev–Trinajstić information content (AvgIpc) is 2.70. The number of aryl methyl sites for hydroxylation is 1. The third-order valence-corrected chi connectivity index (χ3v) is 3.27. The Morgan fingerprint density at radius 2 is 2.11 bits per heavy atom. The van der Waals surface area contributed by atoms with Gasteiger partial charge in [0, 0.05) is 20.1 Å². The van der Waals surface area contributed by atoms with Crippen LogP contribution in [0, 0.1) is 0 Å². The molecule has 0 aliphatic heterocycles. The predicted molar refractivity (Wildman–Crippen MR) is 72.3 cm³/mol. The molecule has 0 saturated heterocycles. The summed E-state index contributed by atoms with van der Waals surface area (Å²) in [4.78, 5) is 8.29. The predicted octanol–water partition coefficient (Wildman–Crippen LogP) is -0.285. The number of hydrogen-bond acceptors (Lipinski definition) is 6. The number of rotatable bonds is 6. The smallest absolute Gasteiger partial charge is 0.208 e. The minimum atomic E-state index is -3.12. The minimum absolute atomic E-state index is 0.396. The molecule has 0 aromatic carbocycles. The molecule has 0 aliphatic rings. The molecule has 0 atom stereocenters. The van der Waals surface area contributed by atoms with Crippen molar-refractivity contribution in [2.24, 2.45) is 7.05 Å². The van der Waals surface area contributed by atoms with Crippen molar-refractivity contribution in [2.45, 2.75) is 6.42 Å². The van der Waals surface area contributed by atoms with E-state index in [9.17, 15) is 8.42 Å². The molecule has 2 heterocycles. The van der Waals surface area contributed by atoms with Crippen LogP contribution in [0.2, 0.25) is 0 Å². The van der Waals surface area contributed by atoms with E-state index < -0.39 is 10.0 Å². The van der Waals surface area contributed by atoms with E-state index >= 15 is 0 Å². The van der Waals surface area contributed by atoms with Gasteiger partial charge in [-0.1, -0.05) is 0 Å². The molecule has 9 heteroatoms. The van der Waals surface area contributed by atoms with Crippen molar-refractivity contribution < 1.29 is 8.42 Å². The highest BCUT2D eigenvalue weighted by molar-refractivity contribution is 7.88. The maximum absolute atomic E-state index is 10.9. The fourth-order valence-electron chi connectivity index (χ4n) is 1.66. The molecule has 0 aliphatic carbocycles. The van der Waals surface area contributed by atoms with E-state index in [0.29, 0.717) is 25.3 Å². The zero-order valence-electron chi connectivity index (χ0n) is 10.8. The van der Waals surface area contributed by atoms with Gasteiger partial charge < -0.3 is 5.32 Å². The lowest BCUT2D eigenvalue weighted by Crippen LogP contribution is -2.24. The van der Waals surface area contributed by atoms with Crippen LogP contribution in [0.1, 0.15) is 6.42 Å². The van der Waals surface area contributed by atoms with Crippen LogP contribution in [-0.2, 0) is 17.1 Å². The molecule has 2 rings (SSSR count). The van der Waals surface area contributed by atoms with Gasteiger partial charge in [0.1, 0.15) is 12.1 Å². The first kappa shape index (κ1) is 13.7. The van der Waals surface area contributed by atoms with Gasteiger partial charge in [0.15, 0.2) is 5.65 Å². The summed E-state index contributed by atoms with van der Waals surface area (Å²) >= 11 is 0. The topological polar surface area (TPSA) is 102 Å². The summed E-state index contributed by atoms with van der Waals surface area (Å²) in [6.07, 6.45) is 4.98. The zero-order valence-corrected chi connectivity index (χ0v) is 11.6. The van der Waals surface area contributed by atoms with Crippen molar-refractivity contribution in [1.29, 1.82) is 0 Å². The van der Waals surface area contributed by atoms with Crippen LogP contribution >= 0.6 is 0 Å². The summed E-state index contributed by atoms with van der Waals surface area (Å²) in [5.41, 5.74) is 0.756. The number of nitrogens with zero attached hydrogens (tertiary/aromatic N) is 4. The van der Waals surface area contributed by atoms with Gasteiger partial charge in [-0.15, -0.1) is 0 Å². The maximum atomic E-state index is 10.9. The molecule has 0 radical (unpaired) electrons. The Morgan fingerprint density at radius 3 is 2.84 bits per heavy atom.